The molecule has 3 aromatic rings. The van der Waals surface area contributed by atoms with E-state index in [4.69, 9.17) is 0 Å². The van der Waals surface area contributed by atoms with Gasteiger partial charge in [0.25, 0.3) is 17.7 Å². The highest BCUT2D eigenvalue weighted by molar-refractivity contribution is 6.08. The first-order valence-electron chi connectivity index (χ1n) is 10.9. The van der Waals surface area contributed by atoms with Crippen LogP contribution in [0.15, 0.2) is 72.8 Å². The molecule has 4 rings (SSSR count). The summed E-state index contributed by atoms with van der Waals surface area (Å²) < 4.78 is 0. The number of nitrogens with one attached hydrogen (secondary N) is 2. The first kappa shape index (κ1) is 22.3. The van der Waals surface area contributed by atoms with Gasteiger partial charge in [0.05, 0.1) is 0 Å². The minimum atomic E-state index is -0.334. The van der Waals surface area contributed by atoms with Gasteiger partial charge in [-0.15, -0.1) is 0 Å². The molecule has 3 amide bonds. The Labute approximate surface area is 193 Å². The first-order valence-corrected chi connectivity index (χ1v) is 10.9. The standard InChI is InChI=1S/C27H27N3O3/c1-27(2,3)29-25(32)20-10-8-19(9-11-20)24(31)28-22-14-12-21(13-15-22)26(33)30-17-16-18-6-4-5-7-23(18)30/h4-15H,16-17H2,1-3H3,(H,28,31)(H,29,32). The van der Waals surface area contributed by atoms with Crippen LogP contribution in [0.4, 0.5) is 11.4 Å². The number of rotatable bonds is 4. The van der Waals surface area contributed by atoms with Crippen molar-refractivity contribution >= 4 is 29.1 Å². The number of benzene rings is 3. The maximum atomic E-state index is 12.9. The predicted molar refractivity (Wildman–Crippen MR) is 130 cm³/mol. The van der Waals surface area contributed by atoms with E-state index >= 15 is 0 Å². The van der Waals surface area contributed by atoms with Gasteiger partial charge >= 0.3 is 0 Å². The van der Waals surface area contributed by atoms with Crippen molar-refractivity contribution in [2.75, 3.05) is 16.8 Å². The average Bonchev–Trinajstić information content (AvgIpc) is 3.22. The van der Waals surface area contributed by atoms with E-state index in [2.05, 4.69) is 10.6 Å². The molecule has 0 aromatic heterocycles. The zero-order chi connectivity index (χ0) is 23.6. The molecule has 1 aliphatic rings. The summed E-state index contributed by atoms with van der Waals surface area (Å²) >= 11 is 0. The lowest BCUT2D eigenvalue weighted by Crippen LogP contribution is -2.40. The normalized spacial score (nSPS) is 12.8. The number of anilines is 2. The Morgan fingerprint density at radius 1 is 0.758 bits per heavy atom. The van der Waals surface area contributed by atoms with Gasteiger partial charge in [0.2, 0.25) is 0 Å². The molecule has 0 bridgehead atoms. The summed E-state index contributed by atoms with van der Waals surface area (Å²) in [5.74, 6) is -0.525. The van der Waals surface area contributed by atoms with Gasteiger partial charge < -0.3 is 15.5 Å². The zero-order valence-corrected chi connectivity index (χ0v) is 19.0. The van der Waals surface area contributed by atoms with Gasteiger partial charge in [-0.3, -0.25) is 14.4 Å². The van der Waals surface area contributed by atoms with Gasteiger partial charge in [-0.1, -0.05) is 18.2 Å². The second-order valence-electron chi connectivity index (χ2n) is 9.15. The molecule has 0 fully saturated rings. The quantitative estimate of drug-likeness (QED) is 0.618. The maximum Gasteiger partial charge on any atom is 0.258 e. The van der Waals surface area contributed by atoms with Crippen LogP contribution in [0.3, 0.4) is 0 Å². The highest BCUT2D eigenvalue weighted by Crippen LogP contribution is 2.29. The fraction of sp³-hybridized carbons (Fsp3) is 0.222. The predicted octanol–water partition coefficient (Wildman–Crippen LogP) is 4.67. The van der Waals surface area contributed by atoms with Gasteiger partial charge in [-0.05, 0) is 87.4 Å². The number of para-hydroxylation sites is 1. The molecule has 0 saturated heterocycles. The lowest BCUT2D eigenvalue weighted by atomic mass is 10.1. The number of fused-ring (bicyclic) bond motifs is 1. The SMILES string of the molecule is CC(C)(C)NC(=O)c1ccc(C(=O)Nc2ccc(C(=O)N3CCc4ccccc43)cc2)cc1. The van der Waals surface area contributed by atoms with E-state index in [1.54, 1.807) is 53.4 Å². The lowest BCUT2D eigenvalue weighted by molar-refractivity contribution is 0.0917. The van der Waals surface area contributed by atoms with Crippen LogP contribution in [0, 0.1) is 0 Å². The Bertz CT molecular complexity index is 1190. The molecule has 33 heavy (non-hydrogen) atoms. The first-order chi connectivity index (χ1) is 15.7. The van der Waals surface area contributed by atoms with Crippen LogP contribution in [-0.4, -0.2) is 29.8 Å². The van der Waals surface area contributed by atoms with Crippen LogP contribution >= 0.6 is 0 Å². The smallest absolute Gasteiger partial charge is 0.258 e. The van der Waals surface area contributed by atoms with Crippen molar-refractivity contribution in [3.8, 4) is 0 Å². The van der Waals surface area contributed by atoms with E-state index in [-0.39, 0.29) is 23.3 Å². The van der Waals surface area contributed by atoms with Crippen molar-refractivity contribution in [2.24, 2.45) is 0 Å². The number of carbonyl (C=O) groups excluding carboxylic acids is 3. The topological polar surface area (TPSA) is 78.5 Å². The number of amides is 3. The largest absolute Gasteiger partial charge is 0.347 e. The van der Waals surface area contributed by atoms with E-state index in [1.807, 2.05) is 45.0 Å². The minimum absolute atomic E-state index is 0.0538. The molecule has 0 aliphatic carbocycles. The van der Waals surface area contributed by atoms with Gasteiger partial charge in [0.15, 0.2) is 0 Å². The van der Waals surface area contributed by atoms with Gasteiger partial charge in [0.1, 0.15) is 0 Å². The van der Waals surface area contributed by atoms with Crippen molar-refractivity contribution in [1.29, 1.82) is 0 Å². The lowest BCUT2D eigenvalue weighted by Gasteiger charge is -2.20. The Hall–Kier alpha value is -3.93. The van der Waals surface area contributed by atoms with E-state index in [0.29, 0.717) is 28.9 Å². The zero-order valence-electron chi connectivity index (χ0n) is 19.0. The number of hydrogen-bond donors (Lipinski definition) is 2. The molecule has 0 atom stereocenters. The van der Waals surface area contributed by atoms with Crippen molar-refractivity contribution in [3.05, 3.63) is 95.1 Å². The molecular weight excluding hydrogens is 414 g/mol. The van der Waals surface area contributed by atoms with Crippen LogP contribution < -0.4 is 15.5 Å². The van der Waals surface area contributed by atoms with E-state index in [1.165, 1.54) is 5.56 Å². The van der Waals surface area contributed by atoms with E-state index < -0.39 is 0 Å². The average molecular weight is 442 g/mol. The second kappa shape index (κ2) is 8.90. The molecular formula is C27H27N3O3. The van der Waals surface area contributed by atoms with Gasteiger partial charge in [-0.25, -0.2) is 0 Å². The van der Waals surface area contributed by atoms with Crippen molar-refractivity contribution < 1.29 is 14.4 Å². The molecule has 6 nitrogen and oxygen atoms in total. The second-order valence-corrected chi connectivity index (χ2v) is 9.15. The molecule has 3 aromatic carbocycles. The van der Waals surface area contributed by atoms with Crippen molar-refractivity contribution in [1.82, 2.24) is 5.32 Å². The number of carbonyl (C=O) groups is 3. The summed E-state index contributed by atoms with van der Waals surface area (Å²) in [5.41, 5.74) is 3.89. The molecule has 0 saturated carbocycles. The molecule has 0 radical (unpaired) electrons. The fourth-order valence-corrected chi connectivity index (χ4v) is 3.79. The summed E-state index contributed by atoms with van der Waals surface area (Å²) in [6.45, 7) is 6.40. The third-order valence-electron chi connectivity index (χ3n) is 5.42. The molecule has 2 N–H and O–H groups in total. The summed E-state index contributed by atoms with van der Waals surface area (Å²) in [4.78, 5) is 39.6. The van der Waals surface area contributed by atoms with Crippen LogP contribution in [0.2, 0.25) is 0 Å². The summed E-state index contributed by atoms with van der Waals surface area (Å²) in [6.07, 6.45) is 0.854. The molecule has 0 spiro atoms. The number of hydrogen-bond acceptors (Lipinski definition) is 3. The minimum Gasteiger partial charge on any atom is -0.347 e. The molecule has 6 heteroatoms. The highest BCUT2D eigenvalue weighted by atomic mass is 16.2. The number of nitrogens with zero attached hydrogens (tertiary/aromatic N) is 1. The summed E-state index contributed by atoms with van der Waals surface area (Å²) in [6, 6.07) is 21.3. The van der Waals surface area contributed by atoms with Crippen LogP contribution in [0.25, 0.3) is 0 Å². The van der Waals surface area contributed by atoms with Crippen molar-refractivity contribution in [3.63, 3.8) is 0 Å². The third kappa shape index (κ3) is 5.12. The molecule has 1 aliphatic heterocycles. The third-order valence-corrected chi connectivity index (χ3v) is 5.42. The van der Waals surface area contributed by atoms with E-state index in [0.717, 1.165) is 12.1 Å². The Morgan fingerprint density at radius 2 is 1.33 bits per heavy atom. The van der Waals surface area contributed by atoms with Crippen molar-refractivity contribution in [2.45, 2.75) is 32.7 Å². The molecule has 1 heterocycles. The van der Waals surface area contributed by atoms with Crippen LogP contribution in [-0.2, 0) is 6.42 Å². The molecule has 168 valence electrons. The van der Waals surface area contributed by atoms with Gasteiger partial charge in [0, 0.05) is 40.1 Å². The Balaban J connectivity index is 1.39. The maximum absolute atomic E-state index is 12.9. The van der Waals surface area contributed by atoms with Crippen LogP contribution in [0.1, 0.15) is 57.4 Å². The summed E-state index contributed by atoms with van der Waals surface area (Å²) in [5, 5.41) is 5.73. The Kier molecular flexibility index (Phi) is 6.01. The molecule has 0 unspecified atom stereocenters. The Morgan fingerprint density at radius 3 is 1.97 bits per heavy atom. The highest BCUT2D eigenvalue weighted by Gasteiger charge is 2.25. The van der Waals surface area contributed by atoms with Gasteiger partial charge in [-0.2, -0.15) is 0 Å². The monoisotopic (exact) mass is 441 g/mol. The summed E-state index contributed by atoms with van der Waals surface area (Å²) in [7, 11) is 0. The van der Waals surface area contributed by atoms with Crippen LogP contribution in [0.5, 0.6) is 0 Å². The fourth-order valence-electron chi connectivity index (χ4n) is 3.79. The van der Waals surface area contributed by atoms with E-state index in [9.17, 15) is 14.4 Å².